The Balaban J connectivity index is 1.74. The predicted molar refractivity (Wildman–Crippen MR) is 123 cm³/mol. The van der Waals surface area contributed by atoms with E-state index in [2.05, 4.69) is 10.6 Å². The molecule has 33 heavy (non-hydrogen) atoms. The zero-order chi connectivity index (χ0) is 23.8. The Hall–Kier alpha value is -4.33. The highest BCUT2D eigenvalue weighted by molar-refractivity contribution is 6.10. The van der Waals surface area contributed by atoms with Gasteiger partial charge in [0.2, 0.25) is 0 Å². The first-order valence-corrected chi connectivity index (χ1v) is 10.3. The molecule has 0 aliphatic heterocycles. The zero-order valence-corrected chi connectivity index (χ0v) is 18.2. The van der Waals surface area contributed by atoms with Crippen molar-refractivity contribution >= 4 is 29.5 Å². The Morgan fingerprint density at radius 2 is 1.67 bits per heavy atom. The van der Waals surface area contributed by atoms with Gasteiger partial charge in [-0.3, -0.25) is 9.59 Å². The molecule has 0 radical (unpaired) electrons. The average Bonchev–Trinajstić information content (AvgIpc) is 3.31. The van der Waals surface area contributed by atoms with E-state index in [0.717, 1.165) is 0 Å². The highest BCUT2D eigenvalue weighted by atomic mass is 16.5. The molecule has 1 aromatic heterocycles. The third kappa shape index (κ3) is 6.83. The summed E-state index contributed by atoms with van der Waals surface area (Å²) >= 11 is 0. The first kappa shape index (κ1) is 23.3. The molecule has 0 atom stereocenters. The molecule has 8 heteroatoms. The Morgan fingerprint density at radius 1 is 1.00 bits per heavy atom. The van der Waals surface area contributed by atoms with Crippen LogP contribution in [0, 0.1) is 5.92 Å². The maximum absolute atomic E-state index is 12.9. The maximum Gasteiger partial charge on any atom is 0.335 e. The van der Waals surface area contributed by atoms with E-state index in [0.29, 0.717) is 35.3 Å². The molecule has 0 aliphatic rings. The molecular weight excluding hydrogens is 424 g/mol. The van der Waals surface area contributed by atoms with E-state index in [4.69, 9.17) is 14.3 Å². The van der Waals surface area contributed by atoms with Gasteiger partial charge in [0.05, 0.1) is 18.4 Å². The van der Waals surface area contributed by atoms with Crippen molar-refractivity contribution in [2.24, 2.45) is 5.92 Å². The highest BCUT2D eigenvalue weighted by Gasteiger charge is 2.16. The topological polar surface area (TPSA) is 118 Å². The second-order valence-corrected chi connectivity index (χ2v) is 7.59. The molecule has 0 unspecified atom stereocenters. The fourth-order valence-electron chi connectivity index (χ4n) is 2.73. The second kappa shape index (κ2) is 10.8. The number of anilines is 1. The van der Waals surface area contributed by atoms with Gasteiger partial charge < -0.3 is 24.9 Å². The highest BCUT2D eigenvalue weighted by Crippen LogP contribution is 2.16. The van der Waals surface area contributed by atoms with E-state index in [1.54, 1.807) is 36.4 Å². The Labute approximate surface area is 190 Å². The minimum absolute atomic E-state index is 0.0441. The first-order valence-electron chi connectivity index (χ1n) is 10.3. The number of hydrogen-bond acceptors (Lipinski definition) is 5. The van der Waals surface area contributed by atoms with Crippen molar-refractivity contribution in [3.05, 3.63) is 89.5 Å². The van der Waals surface area contributed by atoms with Crippen molar-refractivity contribution in [3.63, 3.8) is 0 Å². The van der Waals surface area contributed by atoms with Crippen molar-refractivity contribution in [3.8, 4) is 5.75 Å². The van der Waals surface area contributed by atoms with Crippen molar-refractivity contribution in [1.82, 2.24) is 5.32 Å². The number of furan rings is 1. The summed E-state index contributed by atoms with van der Waals surface area (Å²) in [4.78, 5) is 36.6. The van der Waals surface area contributed by atoms with Gasteiger partial charge in [0.25, 0.3) is 11.8 Å². The molecule has 0 saturated carbocycles. The van der Waals surface area contributed by atoms with Crippen LogP contribution in [0.15, 0.2) is 77.0 Å². The quantitative estimate of drug-likeness (QED) is 0.417. The summed E-state index contributed by atoms with van der Waals surface area (Å²) in [7, 11) is 0. The van der Waals surface area contributed by atoms with Gasteiger partial charge in [-0.2, -0.15) is 0 Å². The molecule has 0 saturated heterocycles. The zero-order valence-electron chi connectivity index (χ0n) is 18.2. The molecule has 0 bridgehead atoms. The third-order valence-corrected chi connectivity index (χ3v) is 4.41. The molecule has 8 nitrogen and oxygen atoms in total. The van der Waals surface area contributed by atoms with Gasteiger partial charge in [-0.1, -0.05) is 13.8 Å². The maximum atomic E-state index is 12.9. The van der Waals surface area contributed by atoms with Crippen LogP contribution in [0.1, 0.15) is 40.3 Å². The monoisotopic (exact) mass is 448 g/mol. The summed E-state index contributed by atoms with van der Waals surface area (Å²) in [6.45, 7) is 4.65. The summed E-state index contributed by atoms with van der Waals surface area (Å²) in [5.41, 5.74) is 0.762. The van der Waals surface area contributed by atoms with Crippen LogP contribution in [0.2, 0.25) is 0 Å². The largest absolute Gasteiger partial charge is 0.493 e. The fraction of sp³-hybridized carbons (Fsp3) is 0.160. The van der Waals surface area contributed by atoms with Gasteiger partial charge in [-0.15, -0.1) is 0 Å². The Kier molecular flexibility index (Phi) is 7.64. The number of benzene rings is 2. The van der Waals surface area contributed by atoms with Crippen LogP contribution in [0.5, 0.6) is 5.75 Å². The lowest BCUT2D eigenvalue weighted by Gasteiger charge is -2.12. The molecule has 0 spiro atoms. The Morgan fingerprint density at radius 3 is 2.24 bits per heavy atom. The van der Waals surface area contributed by atoms with Crippen molar-refractivity contribution in [2.75, 3.05) is 11.9 Å². The van der Waals surface area contributed by atoms with E-state index in [-0.39, 0.29) is 11.3 Å². The second-order valence-electron chi connectivity index (χ2n) is 7.59. The number of nitrogens with one attached hydrogen (secondary N) is 2. The van der Waals surface area contributed by atoms with E-state index in [9.17, 15) is 14.4 Å². The van der Waals surface area contributed by atoms with Crippen LogP contribution in [0.25, 0.3) is 6.08 Å². The fourth-order valence-corrected chi connectivity index (χ4v) is 2.73. The van der Waals surface area contributed by atoms with Gasteiger partial charge in [-0.25, -0.2) is 4.79 Å². The first-order chi connectivity index (χ1) is 15.8. The van der Waals surface area contributed by atoms with Crippen LogP contribution < -0.4 is 15.4 Å². The van der Waals surface area contributed by atoms with Crippen LogP contribution >= 0.6 is 0 Å². The molecule has 2 amide bonds. The van der Waals surface area contributed by atoms with Crippen LogP contribution in [0.3, 0.4) is 0 Å². The molecule has 0 fully saturated rings. The number of hydrogen-bond donors (Lipinski definition) is 3. The molecule has 3 rings (SSSR count). The number of aromatic carboxylic acids is 1. The molecular formula is C25H24N2O6. The van der Waals surface area contributed by atoms with Crippen molar-refractivity contribution in [2.45, 2.75) is 13.8 Å². The van der Waals surface area contributed by atoms with Crippen molar-refractivity contribution < 1.29 is 28.6 Å². The van der Waals surface area contributed by atoms with Crippen LogP contribution in [0.4, 0.5) is 5.69 Å². The number of carboxylic acids is 1. The molecule has 2 aromatic carbocycles. The number of rotatable bonds is 9. The van der Waals surface area contributed by atoms with E-state index >= 15 is 0 Å². The number of ether oxygens (including phenoxy) is 1. The normalized spacial score (nSPS) is 11.2. The lowest BCUT2D eigenvalue weighted by atomic mass is 10.2. The third-order valence-electron chi connectivity index (χ3n) is 4.41. The minimum Gasteiger partial charge on any atom is -0.493 e. The smallest absolute Gasteiger partial charge is 0.335 e. The van der Waals surface area contributed by atoms with E-state index in [1.807, 2.05) is 13.8 Å². The van der Waals surface area contributed by atoms with Gasteiger partial charge in [-0.05, 0) is 66.6 Å². The molecule has 0 aliphatic carbocycles. The minimum atomic E-state index is -1.07. The summed E-state index contributed by atoms with van der Waals surface area (Å²) in [5, 5.41) is 14.2. The predicted octanol–water partition coefficient (Wildman–Crippen LogP) is 4.42. The SMILES string of the molecule is CC(C)COc1ccc(C(=O)N/C(=C\c2ccco2)C(=O)Nc2ccc(C(=O)O)cc2)cc1. The lowest BCUT2D eigenvalue weighted by molar-refractivity contribution is -0.113. The Bertz CT molecular complexity index is 1130. The molecule has 1 heterocycles. The van der Waals surface area contributed by atoms with Gasteiger partial charge >= 0.3 is 5.97 Å². The summed E-state index contributed by atoms with van der Waals surface area (Å²) in [5.74, 6) is -0.757. The van der Waals surface area contributed by atoms with Crippen LogP contribution in [-0.2, 0) is 4.79 Å². The lowest BCUT2D eigenvalue weighted by Crippen LogP contribution is -2.30. The molecule has 3 N–H and O–H groups in total. The number of carboxylic acid groups (broad SMARTS) is 1. The number of amides is 2. The average molecular weight is 448 g/mol. The van der Waals surface area contributed by atoms with Crippen molar-refractivity contribution in [1.29, 1.82) is 0 Å². The molecule has 3 aromatic rings. The summed E-state index contributed by atoms with van der Waals surface area (Å²) < 4.78 is 10.9. The van der Waals surface area contributed by atoms with E-state index < -0.39 is 17.8 Å². The summed E-state index contributed by atoms with van der Waals surface area (Å²) in [6.07, 6.45) is 2.85. The van der Waals surface area contributed by atoms with Crippen LogP contribution in [-0.4, -0.2) is 29.5 Å². The van der Waals surface area contributed by atoms with E-state index in [1.165, 1.54) is 36.6 Å². The van der Waals surface area contributed by atoms with Gasteiger partial charge in [0.15, 0.2) is 0 Å². The summed E-state index contributed by atoms with van der Waals surface area (Å²) in [6, 6.07) is 15.6. The number of carbonyl (C=O) groups is 3. The molecule has 170 valence electrons. The standard InChI is InChI=1S/C25H24N2O6/c1-16(2)15-33-20-11-7-17(8-12-20)23(28)27-22(14-21-4-3-13-32-21)24(29)26-19-9-5-18(6-10-19)25(30)31/h3-14,16H,15H2,1-2H3,(H,26,29)(H,27,28)(H,30,31)/b22-14-. The van der Waals surface area contributed by atoms with Gasteiger partial charge in [0, 0.05) is 17.3 Å². The number of carbonyl (C=O) groups excluding carboxylic acids is 2. The van der Waals surface area contributed by atoms with Gasteiger partial charge in [0.1, 0.15) is 17.2 Å².